The Kier molecular flexibility index (Phi) is 3.92. The second kappa shape index (κ2) is 6.02. The van der Waals surface area contributed by atoms with Gasteiger partial charge in [-0.05, 0) is 38.5 Å². The van der Waals surface area contributed by atoms with Gasteiger partial charge in [0, 0.05) is 5.39 Å². The predicted molar refractivity (Wildman–Crippen MR) is 88.4 cm³/mol. The summed E-state index contributed by atoms with van der Waals surface area (Å²) in [4.78, 5) is 8.83. The third-order valence-corrected chi connectivity index (χ3v) is 3.55. The Morgan fingerprint density at radius 3 is 2.59 bits per heavy atom. The number of para-hydroxylation sites is 1. The van der Waals surface area contributed by atoms with Gasteiger partial charge in [-0.2, -0.15) is 5.11 Å². The highest BCUT2D eigenvalue weighted by molar-refractivity contribution is 5.87. The van der Waals surface area contributed by atoms with E-state index in [4.69, 9.17) is 0 Å². The summed E-state index contributed by atoms with van der Waals surface area (Å²) in [5, 5.41) is 9.73. The highest BCUT2D eigenvalue weighted by Crippen LogP contribution is 2.25. The fraction of sp³-hybridized carbons (Fsp3) is 0.222. The van der Waals surface area contributed by atoms with E-state index in [0.717, 1.165) is 16.5 Å². The molecule has 0 aliphatic heterocycles. The SMILES string of the molecule is Cc1cccc(C(C)N=Nc2nc(C)nc3ccccc23)c1. The van der Waals surface area contributed by atoms with Crippen LogP contribution in [0.25, 0.3) is 10.9 Å². The molecule has 0 saturated heterocycles. The fourth-order valence-corrected chi connectivity index (χ4v) is 2.39. The van der Waals surface area contributed by atoms with Crippen molar-refractivity contribution >= 4 is 16.7 Å². The second-order valence-corrected chi connectivity index (χ2v) is 5.42. The second-order valence-electron chi connectivity index (χ2n) is 5.42. The molecule has 0 aliphatic rings. The summed E-state index contributed by atoms with van der Waals surface area (Å²) >= 11 is 0. The molecule has 3 aromatic rings. The summed E-state index contributed by atoms with van der Waals surface area (Å²) in [6, 6.07) is 16.2. The van der Waals surface area contributed by atoms with Crippen LogP contribution in [-0.2, 0) is 0 Å². The first-order chi connectivity index (χ1) is 10.6. The van der Waals surface area contributed by atoms with Crippen LogP contribution < -0.4 is 0 Å². The predicted octanol–water partition coefficient (Wildman–Crippen LogP) is 5.09. The summed E-state index contributed by atoms with van der Waals surface area (Å²) in [6.45, 7) is 5.98. The van der Waals surface area contributed by atoms with Crippen LogP contribution in [0.4, 0.5) is 5.82 Å². The normalized spacial score (nSPS) is 12.9. The molecule has 0 fully saturated rings. The maximum atomic E-state index is 4.43. The van der Waals surface area contributed by atoms with Crippen molar-refractivity contribution in [3.63, 3.8) is 0 Å². The lowest BCUT2D eigenvalue weighted by molar-refractivity contribution is 0.759. The van der Waals surface area contributed by atoms with Crippen LogP contribution in [0, 0.1) is 13.8 Å². The van der Waals surface area contributed by atoms with Crippen LogP contribution in [0.2, 0.25) is 0 Å². The van der Waals surface area contributed by atoms with E-state index in [1.165, 1.54) is 5.56 Å². The van der Waals surface area contributed by atoms with Gasteiger partial charge in [0.25, 0.3) is 0 Å². The highest BCUT2D eigenvalue weighted by atomic mass is 15.2. The maximum Gasteiger partial charge on any atom is 0.185 e. The fourth-order valence-electron chi connectivity index (χ4n) is 2.39. The van der Waals surface area contributed by atoms with Crippen molar-refractivity contribution in [3.8, 4) is 0 Å². The van der Waals surface area contributed by atoms with Crippen molar-refractivity contribution in [2.75, 3.05) is 0 Å². The Morgan fingerprint density at radius 2 is 1.77 bits per heavy atom. The van der Waals surface area contributed by atoms with Crippen molar-refractivity contribution in [1.82, 2.24) is 9.97 Å². The van der Waals surface area contributed by atoms with Gasteiger partial charge in [-0.3, -0.25) is 0 Å². The Labute approximate surface area is 130 Å². The molecule has 0 aliphatic carbocycles. The van der Waals surface area contributed by atoms with Crippen molar-refractivity contribution in [2.45, 2.75) is 26.8 Å². The van der Waals surface area contributed by atoms with Crippen LogP contribution >= 0.6 is 0 Å². The largest absolute Gasteiger partial charge is 0.233 e. The van der Waals surface area contributed by atoms with E-state index < -0.39 is 0 Å². The number of nitrogens with zero attached hydrogens (tertiary/aromatic N) is 4. The highest BCUT2D eigenvalue weighted by Gasteiger charge is 2.07. The summed E-state index contributed by atoms with van der Waals surface area (Å²) in [6.07, 6.45) is 0. The quantitative estimate of drug-likeness (QED) is 0.631. The molecule has 1 atom stereocenters. The molecule has 3 rings (SSSR count). The van der Waals surface area contributed by atoms with E-state index in [0.29, 0.717) is 11.6 Å². The molecule has 4 nitrogen and oxygen atoms in total. The molecule has 4 heteroatoms. The number of fused-ring (bicyclic) bond motifs is 1. The van der Waals surface area contributed by atoms with E-state index in [1.54, 1.807) is 0 Å². The van der Waals surface area contributed by atoms with Gasteiger partial charge in [0.05, 0.1) is 11.6 Å². The molecule has 2 aromatic carbocycles. The number of hydrogen-bond donors (Lipinski definition) is 0. The summed E-state index contributed by atoms with van der Waals surface area (Å²) in [5.41, 5.74) is 3.27. The van der Waals surface area contributed by atoms with Gasteiger partial charge in [-0.25, -0.2) is 9.97 Å². The number of aryl methyl sites for hydroxylation is 2. The molecule has 1 aromatic heterocycles. The van der Waals surface area contributed by atoms with Crippen LogP contribution in [0.15, 0.2) is 58.8 Å². The topological polar surface area (TPSA) is 50.5 Å². The molecule has 0 saturated carbocycles. The van der Waals surface area contributed by atoms with Gasteiger partial charge >= 0.3 is 0 Å². The van der Waals surface area contributed by atoms with Crippen LogP contribution in [0.3, 0.4) is 0 Å². The van der Waals surface area contributed by atoms with E-state index in [1.807, 2.05) is 44.2 Å². The smallest absolute Gasteiger partial charge is 0.185 e. The Hall–Kier alpha value is -2.62. The lowest BCUT2D eigenvalue weighted by atomic mass is 10.1. The zero-order chi connectivity index (χ0) is 15.5. The molecule has 1 unspecified atom stereocenters. The number of rotatable bonds is 3. The van der Waals surface area contributed by atoms with Crippen LogP contribution in [-0.4, -0.2) is 9.97 Å². The number of azo groups is 1. The lowest BCUT2D eigenvalue weighted by Crippen LogP contribution is -1.91. The van der Waals surface area contributed by atoms with Crippen LogP contribution in [0.5, 0.6) is 0 Å². The molecule has 1 heterocycles. The Bertz CT molecular complexity index is 839. The third-order valence-electron chi connectivity index (χ3n) is 3.55. The number of benzene rings is 2. The third kappa shape index (κ3) is 3.01. The average molecular weight is 290 g/mol. The van der Waals surface area contributed by atoms with Gasteiger partial charge in [0.2, 0.25) is 0 Å². The van der Waals surface area contributed by atoms with E-state index >= 15 is 0 Å². The molecular weight excluding hydrogens is 272 g/mol. The summed E-state index contributed by atoms with van der Waals surface area (Å²) in [5.74, 6) is 1.33. The van der Waals surface area contributed by atoms with E-state index in [9.17, 15) is 0 Å². The first-order valence-corrected chi connectivity index (χ1v) is 7.34. The maximum absolute atomic E-state index is 4.43. The zero-order valence-corrected chi connectivity index (χ0v) is 13.0. The van der Waals surface area contributed by atoms with E-state index in [2.05, 4.69) is 45.3 Å². The molecule has 0 bridgehead atoms. The standard InChI is InChI=1S/C18H18N4/c1-12-7-6-8-15(11-12)13(2)21-22-18-16-9-4-5-10-17(16)19-14(3)20-18/h4-11,13H,1-3H3. The first-order valence-electron chi connectivity index (χ1n) is 7.34. The molecule has 22 heavy (non-hydrogen) atoms. The molecule has 0 spiro atoms. The number of hydrogen-bond acceptors (Lipinski definition) is 4. The van der Waals surface area contributed by atoms with Gasteiger partial charge in [0.15, 0.2) is 5.82 Å². The van der Waals surface area contributed by atoms with Gasteiger partial charge < -0.3 is 0 Å². The van der Waals surface area contributed by atoms with Gasteiger partial charge in [-0.15, -0.1) is 5.11 Å². The minimum atomic E-state index is -0.00562. The average Bonchev–Trinajstić information content (AvgIpc) is 2.52. The molecule has 110 valence electrons. The zero-order valence-electron chi connectivity index (χ0n) is 13.0. The van der Waals surface area contributed by atoms with Crippen molar-refractivity contribution in [1.29, 1.82) is 0 Å². The van der Waals surface area contributed by atoms with Gasteiger partial charge in [-0.1, -0.05) is 42.0 Å². The van der Waals surface area contributed by atoms with Gasteiger partial charge in [0.1, 0.15) is 5.82 Å². The minimum absolute atomic E-state index is 0.00562. The first kappa shape index (κ1) is 14.3. The van der Waals surface area contributed by atoms with Crippen molar-refractivity contribution in [2.24, 2.45) is 10.2 Å². The lowest BCUT2D eigenvalue weighted by Gasteiger charge is -2.07. The van der Waals surface area contributed by atoms with Crippen molar-refractivity contribution in [3.05, 3.63) is 65.5 Å². The number of aromatic nitrogens is 2. The molecular formula is C18H18N4. The Balaban J connectivity index is 1.95. The summed E-state index contributed by atoms with van der Waals surface area (Å²) in [7, 11) is 0. The monoisotopic (exact) mass is 290 g/mol. The minimum Gasteiger partial charge on any atom is -0.233 e. The van der Waals surface area contributed by atoms with Crippen LogP contribution in [0.1, 0.15) is 29.9 Å². The van der Waals surface area contributed by atoms with E-state index in [-0.39, 0.29) is 6.04 Å². The summed E-state index contributed by atoms with van der Waals surface area (Å²) < 4.78 is 0. The molecule has 0 radical (unpaired) electrons. The van der Waals surface area contributed by atoms with Crippen molar-refractivity contribution < 1.29 is 0 Å². The molecule has 0 N–H and O–H groups in total. The Morgan fingerprint density at radius 1 is 0.955 bits per heavy atom. The molecule has 0 amide bonds.